The van der Waals surface area contributed by atoms with Gasteiger partial charge in [0, 0.05) is 56.4 Å². The minimum absolute atomic E-state index is 0.0245. The molecular weight excluding hydrogens is 396 g/mol. The number of hydroxylamine groups is 2. The minimum atomic E-state index is -0.169. The average Bonchev–Trinajstić information content (AvgIpc) is 3.49. The van der Waals surface area contributed by atoms with Gasteiger partial charge in [0.1, 0.15) is 17.7 Å². The smallest absolute Gasteiger partial charge is 0.250 e. The maximum Gasteiger partial charge on any atom is 0.250 e. The third-order valence-electron chi connectivity index (χ3n) is 5.87. The van der Waals surface area contributed by atoms with Gasteiger partial charge in [0.05, 0.1) is 18.5 Å². The summed E-state index contributed by atoms with van der Waals surface area (Å²) < 4.78 is 1.93. The molecule has 5 rings (SSSR count). The Morgan fingerprint density at radius 1 is 1.06 bits per heavy atom. The molecule has 2 fully saturated rings. The number of rotatable bonds is 4. The van der Waals surface area contributed by atoms with E-state index in [1.165, 1.54) is 5.06 Å². The maximum atomic E-state index is 13.2. The van der Waals surface area contributed by atoms with Gasteiger partial charge in [-0.3, -0.25) is 24.2 Å². The first-order valence-corrected chi connectivity index (χ1v) is 10.5. The molecule has 3 aromatic rings. The molecular formula is C21H24N8O2. The molecule has 2 saturated heterocycles. The highest BCUT2D eigenvalue weighted by Crippen LogP contribution is 2.32. The molecule has 1 amide bonds. The largest absolute Gasteiger partial charge is 0.341 e. The number of amides is 1. The molecule has 160 valence electrons. The Morgan fingerprint density at radius 2 is 1.94 bits per heavy atom. The molecule has 2 aliphatic rings. The lowest BCUT2D eigenvalue weighted by Crippen LogP contribution is -2.42. The van der Waals surface area contributed by atoms with Gasteiger partial charge in [-0.2, -0.15) is 4.98 Å². The number of piperidine rings is 1. The number of anilines is 1. The number of nitrogens with zero attached hydrogens (tertiary/aromatic N) is 8. The van der Waals surface area contributed by atoms with E-state index in [1.54, 1.807) is 31.0 Å². The summed E-state index contributed by atoms with van der Waals surface area (Å²) in [6, 6.07) is 1.70. The van der Waals surface area contributed by atoms with Crippen molar-refractivity contribution in [1.29, 1.82) is 0 Å². The molecule has 10 heteroatoms. The standard InChI is InChI=1S/C21H24N8O2/c1-15-23-9-12-28(15)19-2-6-25-21(26-19)27-10-3-16(4-11-27)20(30)29-18(5-13-31-29)17-14-22-7-8-24-17/h2,6-9,12,14,16,18H,3-5,10-11,13H2,1H3/t18-/m0/s1. The van der Waals surface area contributed by atoms with E-state index in [4.69, 9.17) is 9.82 Å². The molecule has 0 spiro atoms. The molecule has 0 radical (unpaired) electrons. The van der Waals surface area contributed by atoms with Crippen LogP contribution in [0.4, 0.5) is 5.95 Å². The van der Waals surface area contributed by atoms with Crippen molar-refractivity contribution in [2.75, 3.05) is 24.6 Å². The van der Waals surface area contributed by atoms with Crippen molar-refractivity contribution >= 4 is 11.9 Å². The molecule has 0 aromatic carbocycles. The number of imidazole rings is 1. The summed E-state index contributed by atoms with van der Waals surface area (Å²) >= 11 is 0. The molecule has 3 aromatic heterocycles. The number of carbonyl (C=O) groups excluding carboxylic acids is 1. The number of aryl methyl sites for hydroxylation is 1. The molecule has 2 aliphatic heterocycles. The van der Waals surface area contributed by atoms with Crippen LogP contribution in [0.5, 0.6) is 0 Å². The molecule has 0 N–H and O–H groups in total. The zero-order valence-electron chi connectivity index (χ0n) is 17.3. The van der Waals surface area contributed by atoms with E-state index in [-0.39, 0.29) is 17.9 Å². The third-order valence-corrected chi connectivity index (χ3v) is 5.87. The first-order valence-electron chi connectivity index (χ1n) is 10.5. The normalized spacial score (nSPS) is 19.7. The predicted octanol–water partition coefficient (Wildman–Crippen LogP) is 1.88. The van der Waals surface area contributed by atoms with E-state index in [0.717, 1.165) is 36.6 Å². The third kappa shape index (κ3) is 3.86. The second-order valence-electron chi connectivity index (χ2n) is 7.75. The monoisotopic (exact) mass is 420 g/mol. The predicted molar refractivity (Wildman–Crippen MR) is 111 cm³/mol. The van der Waals surface area contributed by atoms with E-state index < -0.39 is 0 Å². The molecule has 0 bridgehead atoms. The van der Waals surface area contributed by atoms with E-state index >= 15 is 0 Å². The first kappa shape index (κ1) is 19.6. The average molecular weight is 420 g/mol. The van der Waals surface area contributed by atoms with Gasteiger partial charge in [-0.1, -0.05) is 0 Å². The van der Waals surface area contributed by atoms with Gasteiger partial charge < -0.3 is 4.90 Å². The van der Waals surface area contributed by atoms with Crippen molar-refractivity contribution in [3.05, 3.63) is 54.8 Å². The Labute approximate surface area is 179 Å². The Kier molecular flexibility index (Phi) is 5.29. The van der Waals surface area contributed by atoms with Crippen LogP contribution in [-0.2, 0) is 9.63 Å². The van der Waals surface area contributed by atoms with Crippen LogP contribution in [0.25, 0.3) is 5.82 Å². The summed E-state index contributed by atoms with van der Waals surface area (Å²) in [4.78, 5) is 42.9. The first-order chi connectivity index (χ1) is 15.2. The van der Waals surface area contributed by atoms with Gasteiger partial charge in [-0.25, -0.2) is 15.0 Å². The molecule has 0 unspecified atom stereocenters. The van der Waals surface area contributed by atoms with E-state index in [9.17, 15) is 4.79 Å². The zero-order chi connectivity index (χ0) is 21.2. The van der Waals surface area contributed by atoms with Crippen molar-refractivity contribution in [2.45, 2.75) is 32.2 Å². The number of aromatic nitrogens is 6. The van der Waals surface area contributed by atoms with Gasteiger partial charge in [0.2, 0.25) is 11.9 Å². The lowest BCUT2D eigenvalue weighted by atomic mass is 9.95. The van der Waals surface area contributed by atoms with Crippen LogP contribution in [0, 0.1) is 12.8 Å². The Balaban J connectivity index is 1.25. The summed E-state index contributed by atoms with van der Waals surface area (Å²) in [5.41, 5.74) is 0.769. The summed E-state index contributed by atoms with van der Waals surface area (Å²) in [6.45, 7) is 3.88. The number of hydrogen-bond donors (Lipinski definition) is 0. The number of carbonyl (C=O) groups is 1. The van der Waals surface area contributed by atoms with Crippen molar-refractivity contribution in [1.82, 2.24) is 34.6 Å². The second kappa shape index (κ2) is 8.38. The summed E-state index contributed by atoms with van der Waals surface area (Å²) in [7, 11) is 0. The van der Waals surface area contributed by atoms with Gasteiger partial charge in [0.15, 0.2) is 0 Å². The van der Waals surface area contributed by atoms with Crippen molar-refractivity contribution in [3.63, 3.8) is 0 Å². The van der Waals surface area contributed by atoms with Crippen LogP contribution in [0.1, 0.15) is 36.8 Å². The topological polar surface area (TPSA) is 102 Å². The minimum Gasteiger partial charge on any atom is -0.341 e. The highest BCUT2D eigenvalue weighted by molar-refractivity contribution is 5.78. The molecule has 0 saturated carbocycles. The van der Waals surface area contributed by atoms with Crippen LogP contribution >= 0.6 is 0 Å². The van der Waals surface area contributed by atoms with Crippen molar-refractivity contribution in [3.8, 4) is 5.82 Å². The van der Waals surface area contributed by atoms with Gasteiger partial charge >= 0.3 is 0 Å². The lowest BCUT2D eigenvalue weighted by Gasteiger charge is -2.33. The number of hydrogen-bond acceptors (Lipinski definition) is 8. The van der Waals surface area contributed by atoms with E-state index in [1.807, 2.05) is 23.8 Å². The Morgan fingerprint density at radius 3 is 2.68 bits per heavy atom. The Bertz CT molecular complexity index is 1050. The fourth-order valence-electron chi connectivity index (χ4n) is 4.19. The summed E-state index contributed by atoms with van der Waals surface area (Å²) in [5, 5.41) is 1.52. The summed E-state index contributed by atoms with van der Waals surface area (Å²) in [6.07, 6.45) is 12.6. The van der Waals surface area contributed by atoms with Crippen LogP contribution in [0.15, 0.2) is 43.2 Å². The Hall–Kier alpha value is -3.40. The van der Waals surface area contributed by atoms with Crippen LogP contribution in [0.3, 0.4) is 0 Å². The fraction of sp³-hybridized carbons (Fsp3) is 0.429. The second-order valence-corrected chi connectivity index (χ2v) is 7.75. The van der Waals surface area contributed by atoms with E-state index in [0.29, 0.717) is 25.6 Å². The lowest BCUT2D eigenvalue weighted by molar-refractivity contribution is -0.182. The molecule has 0 aliphatic carbocycles. The van der Waals surface area contributed by atoms with Crippen LogP contribution in [-0.4, -0.2) is 60.2 Å². The molecule has 5 heterocycles. The van der Waals surface area contributed by atoms with Gasteiger partial charge in [-0.05, 0) is 25.8 Å². The quantitative estimate of drug-likeness (QED) is 0.630. The van der Waals surface area contributed by atoms with Crippen LogP contribution in [0.2, 0.25) is 0 Å². The summed E-state index contributed by atoms with van der Waals surface area (Å²) in [5.74, 6) is 2.27. The fourth-order valence-corrected chi connectivity index (χ4v) is 4.19. The van der Waals surface area contributed by atoms with Crippen molar-refractivity contribution < 1.29 is 9.63 Å². The van der Waals surface area contributed by atoms with E-state index in [2.05, 4.69) is 24.8 Å². The van der Waals surface area contributed by atoms with Crippen molar-refractivity contribution in [2.24, 2.45) is 5.92 Å². The zero-order valence-corrected chi connectivity index (χ0v) is 17.3. The maximum absolute atomic E-state index is 13.2. The molecule has 10 nitrogen and oxygen atoms in total. The van der Waals surface area contributed by atoms with Gasteiger partial charge in [0.25, 0.3) is 0 Å². The molecule has 31 heavy (non-hydrogen) atoms. The van der Waals surface area contributed by atoms with Gasteiger partial charge in [-0.15, -0.1) is 0 Å². The highest BCUT2D eigenvalue weighted by Gasteiger charge is 2.38. The molecule has 1 atom stereocenters. The highest BCUT2D eigenvalue weighted by atomic mass is 16.7. The SMILES string of the molecule is Cc1nccn1-c1ccnc(N2CCC(C(=O)N3OCC[C@H]3c3cnccn3)CC2)n1. The van der Waals surface area contributed by atoms with Crippen LogP contribution < -0.4 is 4.90 Å².